The van der Waals surface area contributed by atoms with E-state index in [1.165, 1.54) is 12.1 Å². The van der Waals surface area contributed by atoms with Crippen molar-refractivity contribution in [2.75, 3.05) is 0 Å². The number of carbonyl (C=O) groups is 1. The molecule has 0 aliphatic heterocycles. The normalized spacial score (nSPS) is 10.7. The van der Waals surface area contributed by atoms with E-state index in [1.807, 2.05) is 48.5 Å². The van der Waals surface area contributed by atoms with Gasteiger partial charge in [-0.05, 0) is 42.0 Å². The second-order valence-electron chi connectivity index (χ2n) is 5.21. The Morgan fingerprint density at radius 3 is 2.21 bits per heavy atom. The largest absolute Gasteiger partial charge is 0.504 e. The van der Waals surface area contributed by atoms with E-state index in [4.69, 9.17) is 4.74 Å². The molecular formula is C21H16O3. The number of hydrogen-bond acceptors (Lipinski definition) is 3. The summed E-state index contributed by atoms with van der Waals surface area (Å²) in [6.07, 6.45) is 3.23. The van der Waals surface area contributed by atoms with E-state index >= 15 is 0 Å². The molecule has 24 heavy (non-hydrogen) atoms. The van der Waals surface area contributed by atoms with Crippen LogP contribution in [0.25, 0.3) is 6.08 Å². The average Bonchev–Trinajstić information content (AvgIpc) is 2.63. The van der Waals surface area contributed by atoms with Crippen molar-refractivity contribution in [3.05, 3.63) is 96.1 Å². The third kappa shape index (κ3) is 3.90. The van der Waals surface area contributed by atoms with E-state index in [0.29, 0.717) is 17.1 Å². The van der Waals surface area contributed by atoms with Gasteiger partial charge in [0.05, 0.1) is 0 Å². The van der Waals surface area contributed by atoms with Gasteiger partial charge >= 0.3 is 0 Å². The van der Waals surface area contributed by atoms with Gasteiger partial charge in [0.2, 0.25) is 0 Å². The number of phenols is 1. The Kier molecular flexibility index (Phi) is 4.73. The molecular weight excluding hydrogens is 300 g/mol. The molecule has 0 radical (unpaired) electrons. The van der Waals surface area contributed by atoms with Crippen LogP contribution in [0.5, 0.6) is 17.2 Å². The number of hydrogen-bond donors (Lipinski definition) is 1. The molecule has 0 aromatic heterocycles. The summed E-state index contributed by atoms with van der Waals surface area (Å²) in [5, 5.41) is 10.1. The zero-order chi connectivity index (χ0) is 16.8. The molecule has 0 heterocycles. The first-order chi connectivity index (χ1) is 11.7. The first-order valence-corrected chi connectivity index (χ1v) is 7.56. The first kappa shape index (κ1) is 15.6. The highest BCUT2D eigenvalue weighted by Gasteiger charge is 2.08. The molecule has 3 nitrogen and oxygen atoms in total. The van der Waals surface area contributed by atoms with E-state index in [2.05, 4.69) is 0 Å². The third-order valence-electron chi connectivity index (χ3n) is 3.44. The molecule has 3 heteroatoms. The fourth-order valence-electron chi connectivity index (χ4n) is 2.20. The zero-order valence-corrected chi connectivity index (χ0v) is 12.9. The lowest BCUT2D eigenvalue weighted by atomic mass is 10.1. The molecule has 0 saturated heterocycles. The Hall–Kier alpha value is -3.33. The van der Waals surface area contributed by atoms with Gasteiger partial charge in [-0.3, -0.25) is 4.79 Å². The standard InChI is InChI=1S/C21H16O3/c22-19(13-11-16-7-3-1-4-8-16)17-12-14-21(20(23)15-17)24-18-9-5-2-6-10-18/h1-15,23H/b13-11+. The van der Waals surface area contributed by atoms with E-state index in [0.717, 1.165) is 5.56 Å². The Bertz CT molecular complexity index is 853. The van der Waals surface area contributed by atoms with Crippen molar-refractivity contribution in [2.45, 2.75) is 0 Å². The van der Waals surface area contributed by atoms with Gasteiger partial charge in [0.25, 0.3) is 0 Å². The van der Waals surface area contributed by atoms with Crippen molar-refractivity contribution in [3.63, 3.8) is 0 Å². The van der Waals surface area contributed by atoms with Crippen LogP contribution < -0.4 is 4.74 Å². The van der Waals surface area contributed by atoms with Gasteiger partial charge in [-0.1, -0.05) is 54.6 Å². The molecule has 0 fully saturated rings. The van der Waals surface area contributed by atoms with Crippen molar-refractivity contribution in [2.24, 2.45) is 0 Å². The summed E-state index contributed by atoms with van der Waals surface area (Å²) in [6, 6.07) is 23.4. The highest BCUT2D eigenvalue weighted by atomic mass is 16.5. The Labute approximate surface area is 140 Å². The van der Waals surface area contributed by atoms with E-state index in [9.17, 15) is 9.90 Å². The van der Waals surface area contributed by atoms with Crippen molar-refractivity contribution in [1.82, 2.24) is 0 Å². The third-order valence-corrected chi connectivity index (χ3v) is 3.44. The number of allylic oxidation sites excluding steroid dienone is 1. The molecule has 0 unspecified atom stereocenters. The van der Waals surface area contributed by atoms with Crippen LogP contribution in [0.3, 0.4) is 0 Å². The molecule has 3 aromatic rings. The predicted octanol–water partition coefficient (Wildman–Crippen LogP) is 5.08. The van der Waals surface area contributed by atoms with Crippen LogP contribution in [0.1, 0.15) is 15.9 Å². The van der Waals surface area contributed by atoms with E-state index in [-0.39, 0.29) is 11.5 Å². The minimum atomic E-state index is -0.180. The van der Waals surface area contributed by atoms with Crippen molar-refractivity contribution >= 4 is 11.9 Å². The van der Waals surface area contributed by atoms with Gasteiger partial charge in [0, 0.05) is 5.56 Å². The number of para-hydroxylation sites is 1. The van der Waals surface area contributed by atoms with Gasteiger partial charge in [-0.2, -0.15) is 0 Å². The molecule has 0 spiro atoms. The maximum absolute atomic E-state index is 12.2. The molecule has 0 aliphatic carbocycles. The molecule has 118 valence electrons. The van der Waals surface area contributed by atoms with Gasteiger partial charge in [-0.25, -0.2) is 0 Å². The summed E-state index contributed by atoms with van der Waals surface area (Å²) in [7, 11) is 0. The number of rotatable bonds is 5. The van der Waals surface area contributed by atoms with E-state index in [1.54, 1.807) is 30.3 Å². The van der Waals surface area contributed by atoms with E-state index < -0.39 is 0 Å². The van der Waals surface area contributed by atoms with Crippen LogP contribution in [-0.4, -0.2) is 10.9 Å². The summed E-state index contributed by atoms with van der Waals surface area (Å²) < 4.78 is 5.59. The molecule has 0 amide bonds. The number of ketones is 1. The summed E-state index contributed by atoms with van der Waals surface area (Å²) >= 11 is 0. The lowest BCUT2D eigenvalue weighted by Crippen LogP contribution is -1.94. The average molecular weight is 316 g/mol. The number of aromatic hydroxyl groups is 1. The van der Waals surface area contributed by atoms with Crippen molar-refractivity contribution < 1.29 is 14.6 Å². The van der Waals surface area contributed by atoms with Gasteiger partial charge in [0.15, 0.2) is 17.3 Å². The van der Waals surface area contributed by atoms with Gasteiger partial charge in [0.1, 0.15) is 5.75 Å². The van der Waals surface area contributed by atoms with Crippen LogP contribution in [0.15, 0.2) is 84.9 Å². The van der Waals surface area contributed by atoms with Gasteiger partial charge in [-0.15, -0.1) is 0 Å². The Balaban J connectivity index is 1.74. The fourth-order valence-corrected chi connectivity index (χ4v) is 2.20. The second-order valence-corrected chi connectivity index (χ2v) is 5.21. The Morgan fingerprint density at radius 1 is 0.875 bits per heavy atom. The summed E-state index contributed by atoms with van der Waals surface area (Å²) in [6.45, 7) is 0. The highest BCUT2D eigenvalue weighted by Crippen LogP contribution is 2.31. The lowest BCUT2D eigenvalue weighted by molar-refractivity contribution is 0.104. The summed E-state index contributed by atoms with van der Waals surface area (Å²) in [5.74, 6) is 0.680. The lowest BCUT2D eigenvalue weighted by Gasteiger charge is -2.08. The van der Waals surface area contributed by atoms with Crippen molar-refractivity contribution in [1.29, 1.82) is 0 Å². The van der Waals surface area contributed by atoms with Crippen LogP contribution >= 0.6 is 0 Å². The van der Waals surface area contributed by atoms with Crippen LogP contribution in [0.4, 0.5) is 0 Å². The summed E-state index contributed by atoms with van der Waals surface area (Å²) in [5.41, 5.74) is 1.35. The monoisotopic (exact) mass is 316 g/mol. The van der Waals surface area contributed by atoms with Crippen LogP contribution in [-0.2, 0) is 0 Å². The smallest absolute Gasteiger partial charge is 0.185 e. The molecule has 0 saturated carbocycles. The highest BCUT2D eigenvalue weighted by molar-refractivity contribution is 6.07. The zero-order valence-electron chi connectivity index (χ0n) is 12.9. The molecule has 1 N–H and O–H groups in total. The predicted molar refractivity (Wildman–Crippen MR) is 94.4 cm³/mol. The van der Waals surface area contributed by atoms with Crippen molar-refractivity contribution in [3.8, 4) is 17.2 Å². The topological polar surface area (TPSA) is 46.5 Å². The number of phenolic OH excluding ortho intramolecular Hbond substituents is 1. The molecule has 3 aromatic carbocycles. The number of benzene rings is 3. The summed E-state index contributed by atoms with van der Waals surface area (Å²) in [4.78, 5) is 12.2. The second kappa shape index (κ2) is 7.29. The quantitative estimate of drug-likeness (QED) is 0.527. The van der Waals surface area contributed by atoms with Crippen LogP contribution in [0.2, 0.25) is 0 Å². The maximum Gasteiger partial charge on any atom is 0.185 e. The molecule has 0 bridgehead atoms. The minimum absolute atomic E-state index is 0.0715. The van der Waals surface area contributed by atoms with Gasteiger partial charge < -0.3 is 9.84 Å². The SMILES string of the molecule is O=C(/C=C/c1ccccc1)c1ccc(Oc2ccccc2)c(O)c1. The maximum atomic E-state index is 12.2. The number of ether oxygens (including phenoxy) is 1. The Morgan fingerprint density at radius 2 is 1.54 bits per heavy atom. The molecule has 0 aliphatic rings. The minimum Gasteiger partial charge on any atom is -0.504 e. The first-order valence-electron chi connectivity index (χ1n) is 7.56. The molecule has 3 rings (SSSR count). The molecule has 0 atom stereocenters. The fraction of sp³-hybridized carbons (Fsp3) is 0. The van der Waals surface area contributed by atoms with Crippen LogP contribution in [0, 0.1) is 0 Å². The number of carbonyl (C=O) groups excluding carboxylic acids is 1.